The Balaban J connectivity index is 1.89. The van der Waals surface area contributed by atoms with Gasteiger partial charge in [0, 0.05) is 12.5 Å². The molecule has 7 heteroatoms. The lowest BCUT2D eigenvalue weighted by Crippen LogP contribution is -2.13. The summed E-state index contributed by atoms with van der Waals surface area (Å²) >= 11 is 2.80. The summed E-state index contributed by atoms with van der Waals surface area (Å²) in [7, 11) is 0. The maximum atomic E-state index is 11.7. The Hall–Kier alpha value is -2.90. The second-order valence-corrected chi connectivity index (χ2v) is 7.82. The van der Waals surface area contributed by atoms with Crippen LogP contribution < -0.4 is 4.80 Å². The van der Waals surface area contributed by atoms with Gasteiger partial charge >= 0.3 is 0 Å². The number of carbonyl (C=O) groups is 1. The van der Waals surface area contributed by atoms with Crippen LogP contribution in [0.1, 0.15) is 22.3 Å². The number of rotatable bonds is 4. The molecule has 0 aliphatic rings. The molecule has 4 rings (SSSR count). The van der Waals surface area contributed by atoms with Crippen molar-refractivity contribution in [1.29, 1.82) is 0 Å². The molecular formula is C20H16N4OS2. The number of para-hydroxylation sites is 1. The summed E-state index contributed by atoms with van der Waals surface area (Å²) in [6.45, 7) is 3.38. The van der Waals surface area contributed by atoms with E-state index in [2.05, 4.69) is 4.98 Å². The lowest BCUT2D eigenvalue weighted by atomic mass is 10.2. The first kappa shape index (κ1) is 17.5. The second-order valence-electron chi connectivity index (χ2n) is 5.88. The van der Waals surface area contributed by atoms with Crippen molar-refractivity contribution in [3.05, 3.63) is 76.0 Å². The molecule has 0 fully saturated rings. The van der Waals surface area contributed by atoms with E-state index in [0.29, 0.717) is 20.5 Å². The highest BCUT2D eigenvalue weighted by Gasteiger charge is 2.13. The molecule has 0 amide bonds. The molecule has 0 aliphatic carbocycles. The van der Waals surface area contributed by atoms with Gasteiger partial charge in [-0.05, 0) is 19.1 Å². The highest BCUT2D eigenvalue weighted by Crippen LogP contribution is 2.26. The largest absolute Gasteiger partial charge is 0.294 e. The van der Waals surface area contributed by atoms with Gasteiger partial charge in [-0.3, -0.25) is 4.79 Å². The maximum absolute atomic E-state index is 11.7. The van der Waals surface area contributed by atoms with Crippen molar-refractivity contribution >= 4 is 33.6 Å². The Kier molecular flexibility index (Phi) is 4.79. The van der Waals surface area contributed by atoms with Gasteiger partial charge in [0.15, 0.2) is 5.78 Å². The minimum atomic E-state index is 0.0108. The number of aryl methyl sites for hydroxylation is 1. The van der Waals surface area contributed by atoms with E-state index in [1.54, 1.807) is 6.92 Å². The number of thiazole rings is 1. The first-order valence-corrected chi connectivity index (χ1v) is 9.99. The van der Waals surface area contributed by atoms with Gasteiger partial charge in [-0.15, -0.1) is 0 Å². The van der Waals surface area contributed by atoms with Gasteiger partial charge < -0.3 is 0 Å². The lowest BCUT2D eigenvalue weighted by molar-refractivity contribution is 0.102. The number of benzene rings is 2. The average Bonchev–Trinajstić information content (AvgIpc) is 3.27. The molecule has 2 aromatic heterocycles. The van der Waals surface area contributed by atoms with Crippen LogP contribution >= 0.6 is 22.7 Å². The molecule has 5 nitrogen and oxygen atoms in total. The summed E-state index contributed by atoms with van der Waals surface area (Å²) in [6, 6.07) is 19.9. The number of carbonyl (C=O) groups excluding carboxylic acids is 1. The predicted molar refractivity (Wildman–Crippen MR) is 109 cm³/mol. The summed E-state index contributed by atoms with van der Waals surface area (Å²) in [5, 5.41) is 6.20. The number of ketones is 1. The van der Waals surface area contributed by atoms with Crippen LogP contribution in [0.4, 0.5) is 5.13 Å². The molecule has 0 atom stereocenters. The van der Waals surface area contributed by atoms with Gasteiger partial charge in [0.2, 0.25) is 9.93 Å². The van der Waals surface area contributed by atoms with E-state index in [-0.39, 0.29) is 5.78 Å². The topological polar surface area (TPSA) is 60.1 Å². The summed E-state index contributed by atoms with van der Waals surface area (Å²) in [5.41, 5.74) is 2.67. The Morgan fingerprint density at radius 2 is 1.67 bits per heavy atom. The molecule has 134 valence electrons. The van der Waals surface area contributed by atoms with E-state index >= 15 is 0 Å². The molecule has 27 heavy (non-hydrogen) atoms. The van der Waals surface area contributed by atoms with Crippen molar-refractivity contribution in [3.63, 3.8) is 0 Å². The van der Waals surface area contributed by atoms with Crippen molar-refractivity contribution in [3.8, 4) is 16.3 Å². The molecule has 0 bridgehead atoms. The highest BCUT2D eigenvalue weighted by atomic mass is 32.1. The van der Waals surface area contributed by atoms with E-state index in [4.69, 9.17) is 10.1 Å². The summed E-state index contributed by atoms with van der Waals surface area (Å²) < 4.78 is 1.82. The molecular weight excluding hydrogens is 376 g/mol. The fourth-order valence-corrected chi connectivity index (χ4v) is 4.43. The van der Waals surface area contributed by atoms with Crippen LogP contribution in [0.5, 0.6) is 0 Å². The van der Waals surface area contributed by atoms with Crippen LogP contribution in [0, 0.1) is 6.92 Å². The quantitative estimate of drug-likeness (QED) is 0.469. The van der Waals surface area contributed by atoms with Gasteiger partial charge in [0.1, 0.15) is 5.01 Å². The zero-order valence-electron chi connectivity index (χ0n) is 14.8. The molecule has 0 saturated heterocycles. The molecule has 0 saturated carbocycles. The third kappa shape index (κ3) is 3.65. The third-order valence-corrected chi connectivity index (χ3v) is 5.99. The molecule has 0 spiro atoms. The fourth-order valence-electron chi connectivity index (χ4n) is 2.63. The Bertz CT molecular complexity index is 1160. The van der Waals surface area contributed by atoms with Crippen LogP contribution in [0.15, 0.2) is 65.7 Å². The van der Waals surface area contributed by atoms with Gasteiger partial charge in [0.25, 0.3) is 0 Å². The normalized spacial score (nSPS) is 11.7. The van der Waals surface area contributed by atoms with Crippen molar-refractivity contribution in [1.82, 2.24) is 14.8 Å². The SMILES string of the molecule is CC(=O)c1sc(/N=c2\sc(-c3ccccc3)nn2-c2ccccc2)nc1C. The van der Waals surface area contributed by atoms with E-state index < -0.39 is 0 Å². The smallest absolute Gasteiger partial charge is 0.215 e. The van der Waals surface area contributed by atoms with Crippen LogP contribution in [0.2, 0.25) is 0 Å². The van der Waals surface area contributed by atoms with Crippen molar-refractivity contribution < 1.29 is 4.79 Å². The Labute approximate surface area is 164 Å². The van der Waals surface area contributed by atoms with Crippen molar-refractivity contribution in [2.24, 2.45) is 4.99 Å². The molecule has 2 heterocycles. The number of Topliss-reactive ketones (excluding diaryl/α,β-unsaturated/α-hetero) is 1. The zero-order valence-corrected chi connectivity index (χ0v) is 16.4. The van der Waals surface area contributed by atoms with Crippen molar-refractivity contribution in [2.45, 2.75) is 13.8 Å². The standard InChI is InChI=1S/C20H16N4OS2/c1-13-17(14(2)25)26-19(21-13)22-20-24(16-11-7-4-8-12-16)23-18(27-20)15-9-5-3-6-10-15/h3-12H,1-2H3/b22-20-. The number of aromatic nitrogens is 3. The number of hydrogen-bond acceptors (Lipinski definition) is 6. The van der Waals surface area contributed by atoms with E-state index in [9.17, 15) is 4.79 Å². The highest BCUT2D eigenvalue weighted by molar-refractivity contribution is 7.17. The minimum absolute atomic E-state index is 0.0108. The van der Waals surface area contributed by atoms with Gasteiger partial charge in [-0.2, -0.15) is 10.1 Å². The first-order valence-electron chi connectivity index (χ1n) is 8.36. The summed E-state index contributed by atoms with van der Waals surface area (Å²) in [6.07, 6.45) is 0. The first-order chi connectivity index (χ1) is 13.1. The van der Waals surface area contributed by atoms with E-state index in [1.807, 2.05) is 72.3 Å². The van der Waals surface area contributed by atoms with Crippen LogP contribution in [0.3, 0.4) is 0 Å². The summed E-state index contributed by atoms with van der Waals surface area (Å²) in [4.78, 5) is 22.2. The molecule has 0 unspecified atom stereocenters. The fraction of sp³-hybridized carbons (Fsp3) is 0.100. The molecule has 4 aromatic rings. The number of nitrogens with zero attached hydrogens (tertiary/aromatic N) is 4. The second kappa shape index (κ2) is 7.38. The predicted octanol–water partition coefficient (Wildman–Crippen LogP) is 4.80. The Morgan fingerprint density at radius 1 is 1.00 bits per heavy atom. The zero-order chi connectivity index (χ0) is 18.8. The molecule has 0 radical (unpaired) electrons. The van der Waals surface area contributed by atoms with E-state index in [1.165, 1.54) is 22.7 Å². The van der Waals surface area contributed by atoms with Gasteiger partial charge in [0.05, 0.1) is 16.3 Å². The minimum Gasteiger partial charge on any atom is -0.294 e. The number of hydrogen-bond donors (Lipinski definition) is 0. The Morgan fingerprint density at radius 3 is 2.30 bits per heavy atom. The molecule has 0 aliphatic heterocycles. The third-order valence-electron chi connectivity index (χ3n) is 3.88. The molecule has 2 aromatic carbocycles. The van der Waals surface area contributed by atoms with Crippen LogP contribution in [-0.2, 0) is 0 Å². The van der Waals surface area contributed by atoms with Crippen LogP contribution in [0.25, 0.3) is 16.3 Å². The van der Waals surface area contributed by atoms with Crippen LogP contribution in [-0.4, -0.2) is 20.5 Å². The maximum Gasteiger partial charge on any atom is 0.215 e. The van der Waals surface area contributed by atoms with E-state index in [0.717, 1.165) is 16.3 Å². The van der Waals surface area contributed by atoms with Gasteiger partial charge in [-0.1, -0.05) is 71.2 Å². The lowest BCUT2D eigenvalue weighted by Gasteiger charge is -1.99. The summed E-state index contributed by atoms with van der Waals surface area (Å²) in [5.74, 6) is 0.0108. The average molecular weight is 393 g/mol. The van der Waals surface area contributed by atoms with Crippen molar-refractivity contribution in [2.75, 3.05) is 0 Å². The molecule has 0 N–H and O–H groups in total. The van der Waals surface area contributed by atoms with Gasteiger partial charge in [-0.25, -0.2) is 9.67 Å². The monoisotopic (exact) mass is 392 g/mol.